The molecule has 0 radical (unpaired) electrons. The average molecular weight is 298 g/mol. The molecule has 1 heterocycles. The first-order valence-corrected chi connectivity index (χ1v) is 8.53. The molecule has 1 saturated heterocycles. The van der Waals surface area contributed by atoms with E-state index in [0.717, 1.165) is 58.5 Å². The third-order valence-electron chi connectivity index (χ3n) is 4.37. The van der Waals surface area contributed by atoms with Gasteiger partial charge in [0, 0.05) is 25.7 Å². The molecule has 1 atom stereocenters. The molecule has 1 aliphatic heterocycles. The van der Waals surface area contributed by atoms with Crippen molar-refractivity contribution >= 4 is 5.91 Å². The Hall–Kier alpha value is -0.650. The van der Waals surface area contributed by atoms with E-state index in [1.807, 2.05) is 0 Å². The minimum Gasteiger partial charge on any atom is -0.352 e. The van der Waals surface area contributed by atoms with Crippen molar-refractivity contribution in [2.24, 2.45) is 11.7 Å². The molecule has 1 amide bonds. The summed E-state index contributed by atoms with van der Waals surface area (Å²) in [6.45, 7) is 13.0. The number of nitrogens with zero attached hydrogens (tertiary/aromatic N) is 2. The van der Waals surface area contributed by atoms with Gasteiger partial charge < -0.3 is 16.0 Å². The molecule has 0 bridgehead atoms. The summed E-state index contributed by atoms with van der Waals surface area (Å²) in [6, 6.07) is 0.325. The van der Waals surface area contributed by atoms with Crippen LogP contribution in [0.15, 0.2) is 0 Å². The van der Waals surface area contributed by atoms with Crippen LogP contribution in [0.25, 0.3) is 0 Å². The highest BCUT2D eigenvalue weighted by molar-refractivity contribution is 5.78. The first-order chi connectivity index (χ1) is 10.1. The van der Waals surface area contributed by atoms with Crippen molar-refractivity contribution in [3.63, 3.8) is 0 Å². The van der Waals surface area contributed by atoms with Gasteiger partial charge in [-0.1, -0.05) is 20.8 Å². The van der Waals surface area contributed by atoms with Crippen molar-refractivity contribution in [2.75, 3.05) is 45.8 Å². The quantitative estimate of drug-likeness (QED) is 0.699. The molecule has 1 fully saturated rings. The zero-order valence-corrected chi connectivity index (χ0v) is 14.1. The number of rotatable bonds is 8. The van der Waals surface area contributed by atoms with Crippen LogP contribution >= 0.6 is 0 Å². The van der Waals surface area contributed by atoms with Crippen molar-refractivity contribution in [1.82, 2.24) is 15.1 Å². The summed E-state index contributed by atoms with van der Waals surface area (Å²) in [5, 5.41) is 3.13. The Balaban J connectivity index is 2.32. The van der Waals surface area contributed by atoms with E-state index in [1.54, 1.807) is 0 Å². The Morgan fingerprint density at radius 1 is 1.14 bits per heavy atom. The fourth-order valence-corrected chi connectivity index (χ4v) is 2.85. The van der Waals surface area contributed by atoms with Crippen LogP contribution < -0.4 is 11.1 Å². The van der Waals surface area contributed by atoms with Crippen LogP contribution in [0, 0.1) is 5.92 Å². The lowest BCUT2D eigenvalue weighted by Gasteiger charge is -2.24. The molecule has 1 rings (SSSR count). The maximum absolute atomic E-state index is 12.1. The molecule has 21 heavy (non-hydrogen) atoms. The minimum absolute atomic E-state index is 0.174. The second kappa shape index (κ2) is 10.1. The van der Waals surface area contributed by atoms with E-state index in [2.05, 4.69) is 35.9 Å². The summed E-state index contributed by atoms with van der Waals surface area (Å²) in [5.41, 5.74) is 5.70. The van der Waals surface area contributed by atoms with Crippen LogP contribution in [-0.4, -0.2) is 67.6 Å². The lowest BCUT2D eigenvalue weighted by Crippen LogP contribution is -2.43. The molecule has 0 saturated carbocycles. The highest BCUT2D eigenvalue weighted by atomic mass is 16.2. The van der Waals surface area contributed by atoms with Gasteiger partial charge in [0.1, 0.15) is 0 Å². The maximum Gasteiger partial charge on any atom is 0.234 e. The van der Waals surface area contributed by atoms with Gasteiger partial charge in [-0.05, 0) is 44.8 Å². The van der Waals surface area contributed by atoms with E-state index < -0.39 is 0 Å². The van der Waals surface area contributed by atoms with Crippen LogP contribution in [0.1, 0.15) is 40.0 Å². The Bertz CT molecular complexity index is 294. The molecule has 5 nitrogen and oxygen atoms in total. The van der Waals surface area contributed by atoms with E-state index in [9.17, 15) is 4.79 Å². The van der Waals surface area contributed by atoms with Crippen LogP contribution in [0.2, 0.25) is 0 Å². The van der Waals surface area contributed by atoms with Gasteiger partial charge in [0.25, 0.3) is 0 Å². The van der Waals surface area contributed by atoms with Crippen LogP contribution in [0.4, 0.5) is 0 Å². The number of carbonyl (C=O) groups is 1. The van der Waals surface area contributed by atoms with E-state index >= 15 is 0 Å². The monoisotopic (exact) mass is 298 g/mol. The Kier molecular flexibility index (Phi) is 8.88. The molecule has 0 aromatic rings. The SMILES string of the molecule is CCC(CC)NC(=O)CN1CCCN(CC(C)CN)CC1. The van der Waals surface area contributed by atoms with Crippen LogP contribution in [0.5, 0.6) is 0 Å². The molecule has 0 aliphatic carbocycles. The van der Waals surface area contributed by atoms with Gasteiger partial charge in [-0.2, -0.15) is 0 Å². The van der Waals surface area contributed by atoms with Gasteiger partial charge in [0.05, 0.1) is 6.54 Å². The maximum atomic E-state index is 12.1. The van der Waals surface area contributed by atoms with Crippen molar-refractivity contribution in [1.29, 1.82) is 0 Å². The van der Waals surface area contributed by atoms with Gasteiger partial charge >= 0.3 is 0 Å². The molecule has 124 valence electrons. The first kappa shape index (κ1) is 18.4. The van der Waals surface area contributed by atoms with Crippen molar-refractivity contribution < 1.29 is 4.79 Å². The third-order valence-corrected chi connectivity index (χ3v) is 4.37. The number of carbonyl (C=O) groups excluding carboxylic acids is 1. The van der Waals surface area contributed by atoms with E-state index in [0.29, 0.717) is 18.5 Å². The summed E-state index contributed by atoms with van der Waals surface area (Å²) in [7, 11) is 0. The molecular weight excluding hydrogens is 264 g/mol. The van der Waals surface area contributed by atoms with Gasteiger partial charge in [-0.25, -0.2) is 0 Å². The first-order valence-electron chi connectivity index (χ1n) is 8.53. The largest absolute Gasteiger partial charge is 0.352 e. The molecule has 0 aromatic heterocycles. The van der Waals surface area contributed by atoms with Gasteiger partial charge in [-0.3, -0.25) is 9.69 Å². The molecule has 3 N–H and O–H groups in total. The van der Waals surface area contributed by atoms with Gasteiger partial charge in [-0.15, -0.1) is 0 Å². The predicted octanol–water partition coefficient (Wildman–Crippen LogP) is 0.894. The number of hydrogen-bond acceptors (Lipinski definition) is 4. The smallest absolute Gasteiger partial charge is 0.234 e. The summed E-state index contributed by atoms with van der Waals surface area (Å²) in [4.78, 5) is 16.8. The molecule has 0 spiro atoms. The topological polar surface area (TPSA) is 61.6 Å². The fraction of sp³-hybridized carbons (Fsp3) is 0.938. The Labute approximate surface area is 130 Å². The van der Waals surface area contributed by atoms with Gasteiger partial charge in [0.15, 0.2) is 0 Å². The predicted molar refractivity (Wildman–Crippen MR) is 88.2 cm³/mol. The molecule has 5 heteroatoms. The second-order valence-corrected chi connectivity index (χ2v) is 6.35. The minimum atomic E-state index is 0.174. The van der Waals surface area contributed by atoms with Crippen molar-refractivity contribution in [3.05, 3.63) is 0 Å². The molecular formula is C16H34N4O. The number of nitrogens with two attached hydrogens (primary N) is 1. The normalized spacial score (nSPS) is 19.5. The Morgan fingerprint density at radius 2 is 1.76 bits per heavy atom. The number of hydrogen-bond donors (Lipinski definition) is 2. The number of nitrogens with one attached hydrogen (secondary N) is 1. The summed E-state index contributed by atoms with van der Waals surface area (Å²) >= 11 is 0. The van der Waals surface area contributed by atoms with Crippen LogP contribution in [0.3, 0.4) is 0 Å². The van der Waals surface area contributed by atoms with E-state index in [-0.39, 0.29) is 5.91 Å². The zero-order valence-electron chi connectivity index (χ0n) is 14.1. The highest BCUT2D eigenvalue weighted by Crippen LogP contribution is 2.06. The average Bonchev–Trinajstić information content (AvgIpc) is 2.70. The lowest BCUT2D eigenvalue weighted by atomic mass is 10.1. The van der Waals surface area contributed by atoms with Gasteiger partial charge in [0.2, 0.25) is 5.91 Å². The number of amides is 1. The summed E-state index contributed by atoms with van der Waals surface area (Å²) < 4.78 is 0. The van der Waals surface area contributed by atoms with Crippen LogP contribution in [-0.2, 0) is 4.79 Å². The molecule has 0 aromatic carbocycles. The lowest BCUT2D eigenvalue weighted by molar-refractivity contribution is -0.123. The summed E-state index contributed by atoms with van der Waals surface area (Å²) in [6.07, 6.45) is 3.15. The fourth-order valence-electron chi connectivity index (χ4n) is 2.85. The highest BCUT2D eigenvalue weighted by Gasteiger charge is 2.18. The second-order valence-electron chi connectivity index (χ2n) is 6.35. The van der Waals surface area contributed by atoms with Crippen molar-refractivity contribution in [3.8, 4) is 0 Å². The Morgan fingerprint density at radius 3 is 2.38 bits per heavy atom. The zero-order chi connectivity index (χ0) is 15.7. The summed E-state index contributed by atoms with van der Waals surface area (Å²) in [5.74, 6) is 0.724. The standard InChI is InChI=1S/C16H34N4O/c1-4-15(5-2)18-16(21)13-20-8-6-7-19(9-10-20)12-14(3)11-17/h14-15H,4-13,17H2,1-3H3,(H,18,21). The van der Waals surface area contributed by atoms with E-state index in [4.69, 9.17) is 5.73 Å². The third kappa shape index (κ3) is 7.25. The van der Waals surface area contributed by atoms with E-state index in [1.165, 1.54) is 0 Å². The molecule has 1 unspecified atom stereocenters. The van der Waals surface area contributed by atoms with Crippen molar-refractivity contribution in [2.45, 2.75) is 46.1 Å². The molecule has 1 aliphatic rings.